The molecule has 0 aliphatic rings. The maximum atomic E-state index is 7.23. The van der Waals surface area contributed by atoms with E-state index in [4.69, 9.17) is 15.9 Å². The van der Waals surface area contributed by atoms with Crippen LogP contribution in [0.2, 0.25) is 0 Å². The van der Waals surface area contributed by atoms with E-state index in [1.54, 1.807) is 11.0 Å². The first kappa shape index (κ1) is 12.7. The number of hydrogen-bond donors (Lipinski definition) is 2. The number of para-hydroxylation sites is 1. The third kappa shape index (κ3) is 2.84. The van der Waals surface area contributed by atoms with Crippen LogP contribution in [0, 0.1) is 5.41 Å². The molecular formula is C13H11N7O. The van der Waals surface area contributed by atoms with E-state index in [1.807, 2.05) is 30.3 Å². The fraction of sp³-hybridized carbons (Fsp3) is 0. The Morgan fingerprint density at radius 2 is 1.90 bits per heavy atom. The van der Waals surface area contributed by atoms with Gasteiger partial charge in [0.1, 0.15) is 17.9 Å². The Morgan fingerprint density at radius 1 is 1.10 bits per heavy atom. The molecule has 0 amide bonds. The minimum Gasteiger partial charge on any atom is -0.402 e. The molecule has 0 bridgehead atoms. The molecule has 0 aliphatic carbocycles. The molecule has 8 nitrogen and oxygen atoms in total. The monoisotopic (exact) mass is 281 g/mol. The highest BCUT2D eigenvalue weighted by molar-refractivity contribution is 5.92. The van der Waals surface area contributed by atoms with Crippen LogP contribution in [0.15, 0.2) is 49.1 Å². The van der Waals surface area contributed by atoms with E-state index in [1.165, 1.54) is 12.4 Å². The van der Waals surface area contributed by atoms with Gasteiger partial charge in [-0.3, -0.25) is 5.41 Å². The van der Waals surface area contributed by atoms with E-state index in [9.17, 15) is 0 Å². The van der Waals surface area contributed by atoms with Gasteiger partial charge in [-0.1, -0.05) is 18.2 Å². The van der Waals surface area contributed by atoms with Crippen LogP contribution >= 0.6 is 0 Å². The van der Waals surface area contributed by atoms with Crippen LogP contribution < -0.4 is 10.5 Å². The van der Waals surface area contributed by atoms with Gasteiger partial charge in [0.15, 0.2) is 0 Å². The highest BCUT2D eigenvalue weighted by Gasteiger charge is 2.07. The molecule has 0 saturated heterocycles. The first-order valence-electron chi connectivity index (χ1n) is 6.04. The zero-order valence-corrected chi connectivity index (χ0v) is 10.8. The maximum absolute atomic E-state index is 7.23. The molecule has 0 aliphatic heterocycles. The first-order valence-corrected chi connectivity index (χ1v) is 6.04. The van der Waals surface area contributed by atoms with Crippen molar-refractivity contribution in [2.75, 3.05) is 0 Å². The molecule has 3 aromatic rings. The third-order valence-corrected chi connectivity index (χ3v) is 2.59. The standard InChI is InChI=1S/C13H11N7O/c14-12(15)10-6-17-11(7-16-10)21-13-18-8-20(19-13)9-4-2-1-3-5-9/h1-8H,(H3,14,15). The summed E-state index contributed by atoms with van der Waals surface area (Å²) < 4.78 is 6.98. The Morgan fingerprint density at radius 3 is 2.57 bits per heavy atom. The summed E-state index contributed by atoms with van der Waals surface area (Å²) in [6.07, 6.45) is 4.26. The van der Waals surface area contributed by atoms with Crippen molar-refractivity contribution in [3.8, 4) is 17.6 Å². The molecular weight excluding hydrogens is 270 g/mol. The number of amidine groups is 1. The van der Waals surface area contributed by atoms with Gasteiger partial charge in [-0.25, -0.2) is 14.6 Å². The van der Waals surface area contributed by atoms with Crippen LogP contribution in [0.1, 0.15) is 5.69 Å². The normalized spacial score (nSPS) is 10.3. The van der Waals surface area contributed by atoms with Crippen molar-refractivity contribution in [3.05, 3.63) is 54.7 Å². The van der Waals surface area contributed by atoms with Crippen LogP contribution in [0.25, 0.3) is 5.69 Å². The van der Waals surface area contributed by atoms with Crippen molar-refractivity contribution in [2.45, 2.75) is 0 Å². The summed E-state index contributed by atoms with van der Waals surface area (Å²) in [5, 5.41) is 11.4. The Labute approximate surface area is 119 Å². The quantitative estimate of drug-likeness (QED) is 0.547. The second kappa shape index (κ2) is 5.37. The fourth-order valence-corrected chi connectivity index (χ4v) is 1.60. The Hall–Kier alpha value is -3.29. The Balaban J connectivity index is 1.77. The van der Waals surface area contributed by atoms with Gasteiger partial charge in [0.25, 0.3) is 0 Å². The van der Waals surface area contributed by atoms with E-state index in [0.29, 0.717) is 0 Å². The average Bonchev–Trinajstić information content (AvgIpc) is 2.97. The van der Waals surface area contributed by atoms with Crippen LogP contribution in [-0.4, -0.2) is 30.6 Å². The van der Waals surface area contributed by atoms with Gasteiger partial charge >= 0.3 is 6.01 Å². The summed E-state index contributed by atoms with van der Waals surface area (Å²) in [6, 6.07) is 9.69. The van der Waals surface area contributed by atoms with Crippen molar-refractivity contribution < 1.29 is 4.74 Å². The molecule has 0 saturated carbocycles. The third-order valence-electron chi connectivity index (χ3n) is 2.59. The number of aromatic nitrogens is 5. The van der Waals surface area contributed by atoms with Gasteiger partial charge < -0.3 is 10.5 Å². The van der Waals surface area contributed by atoms with Crippen LogP contribution in [0.4, 0.5) is 0 Å². The molecule has 3 rings (SSSR count). The number of benzene rings is 1. The van der Waals surface area contributed by atoms with Crippen molar-refractivity contribution in [2.24, 2.45) is 5.73 Å². The lowest BCUT2D eigenvalue weighted by atomic mass is 10.3. The molecule has 0 unspecified atom stereocenters. The summed E-state index contributed by atoms with van der Waals surface area (Å²) in [5.74, 6) is 0.0753. The predicted molar refractivity (Wildman–Crippen MR) is 74.5 cm³/mol. The summed E-state index contributed by atoms with van der Waals surface area (Å²) in [6.45, 7) is 0. The van der Waals surface area contributed by atoms with Crippen molar-refractivity contribution in [1.82, 2.24) is 24.7 Å². The van der Waals surface area contributed by atoms with Crippen LogP contribution in [0.5, 0.6) is 11.9 Å². The smallest absolute Gasteiger partial charge is 0.342 e. The fourth-order valence-electron chi connectivity index (χ4n) is 1.60. The van der Waals surface area contributed by atoms with Gasteiger partial charge in [0.2, 0.25) is 5.88 Å². The highest BCUT2D eigenvalue weighted by atomic mass is 16.5. The van der Waals surface area contributed by atoms with E-state index in [0.717, 1.165) is 5.69 Å². The minimum atomic E-state index is -0.152. The average molecular weight is 281 g/mol. The minimum absolute atomic E-state index is 0.152. The van der Waals surface area contributed by atoms with Crippen LogP contribution in [0.3, 0.4) is 0 Å². The number of hydrogen-bond acceptors (Lipinski definition) is 6. The lowest BCUT2D eigenvalue weighted by Gasteiger charge is -2.01. The first-order chi connectivity index (χ1) is 10.2. The Bertz CT molecular complexity index is 752. The number of nitrogen functional groups attached to an aromatic ring is 1. The number of ether oxygens (including phenoxy) is 1. The van der Waals surface area contributed by atoms with Gasteiger partial charge in [0, 0.05) is 0 Å². The molecule has 2 heterocycles. The van der Waals surface area contributed by atoms with Gasteiger partial charge in [-0.15, -0.1) is 5.10 Å². The molecule has 21 heavy (non-hydrogen) atoms. The largest absolute Gasteiger partial charge is 0.402 e. The molecule has 0 spiro atoms. The van der Waals surface area contributed by atoms with Gasteiger partial charge in [-0.05, 0) is 12.1 Å². The summed E-state index contributed by atoms with van der Waals surface area (Å²) in [4.78, 5) is 12.0. The molecule has 104 valence electrons. The zero-order valence-electron chi connectivity index (χ0n) is 10.8. The van der Waals surface area contributed by atoms with E-state index >= 15 is 0 Å². The van der Waals surface area contributed by atoms with Crippen LogP contribution in [-0.2, 0) is 0 Å². The molecule has 1 aromatic carbocycles. The number of rotatable bonds is 4. The summed E-state index contributed by atoms with van der Waals surface area (Å²) in [7, 11) is 0. The van der Waals surface area contributed by atoms with E-state index < -0.39 is 0 Å². The van der Waals surface area contributed by atoms with Crippen molar-refractivity contribution in [1.29, 1.82) is 5.41 Å². The number of nitrogens with zero attached hydrogens (tertiary/aromatic N) is 5. The van der Waals surface area contributed by atoms with Gasteiger partial charge in [-0.2, -0.15) is 4.98 Å². The number of nitrogens with one attached hydrogen (secondary N) is 1. The summed E-state index contributed by atoms with van der Waals surface area (Å²) >= 11 is 0. The van der Waals surface area contributed by atoms with Gasteiger partial charge in [0.05, 0.1) is 18.1 Å². The molecule has 3 N–H and O–H groups in total. The molecule has 8 heteroatoms. The van der Waals surface area contributed by atoms with E-state index in [2.05, 4.69) is 20.1 Å². The predicted octanol–water partition coefficient (Wildman–Crippen LogP) is 1.13. The molecule has 0 atom stereocenters. The second-order valence-corrected chi connectivity index (χ2v) is 4.06. The maximum Gasteiger partial charge on any atom is 0.342 e. The van der Waals surface area contributed by atoms with Crippen molar-refractivity contribution in [3.63, 3.8) is 0 Å². The van der Waals surface area contributed by atoms with E-state index in [-0.39, 0.29) is 23.4 Å². The molecule has 0 radical (unpaired) electrons. The zero-order chi connectivity index (χ0) is 14.7. The van der Waals surface area contributed by atoms with Crippen molar-refractivity contribution >= 4 is 5.84 Å². The number of nitrogens with two attached hydrogens (primary N) is 1. The lowest BCUT2D eigenvalue weighted by molar-refractivity contribution is 0.422. The molecule has 2 aromatic heterocycles. The lowest BCUT2D eigenvalue weighted by Crippen LogP contribution is -2.13. The summed E-state index contributed by atoms with van der Waals surface area (Å²) in [5.41, 5.74) is 6.45. The SMILES string of the molecule is N=C(N)c1cnc(Oc2ncn(-c3ccccc3)n2)cn1. The Kier molecular flexibility index (Phi) is 3.26. The topological polar surface area (TPSA) is 116 Å². The second-order valence-electron chi connectivity index (χ2n) is 4.06. The highest BCUT2D eigenvalue weighted by Crippen LogP contribution is 2.14. The molecule has 0 fully saturated rings.